The highest BCUT2D eigenvalue weighted by Gasteiger charge is 2.34. The fraction of sp³-hybridized carbons (Fsp3) is 0.333. The van der Waals surface area contributed by atoms with Crippen LogP contribution in [0, 0.1) is 0 Å². The molecule has 6 heteroatoms. The quantitative estimate of drug-likeness (QED) is 0.785. The summed E-state index contributed by atoms with van der Waals surface area (Å²) >= 11 is 0. The SMILES string of the molecule is CN1c2c(ncc3ncn(C)c23)OC1c1cccc(C(C)(C)N)c1. The summed E-state index contributed by atoms with van der Waals surface area (Å²) in [6.45, 7) is 4.00. The predicted molar refractivity (Wildman–Crippen MR) is 93.9 cm³/mol. The second kappa shape index (κ2) is 4.95. The van der Waals surface area contributed by atoms with Gasteiger partial charge in [0, 0.05) is 25.2 Å². The second-order valence-corrected chi connectivity index (χ2v) is 6.93. The summed E-state index contributed by atoms with van der Waals surface area (Å²) in [5, 5.41) is 0. The highest BCUT2D eigenvalue weighted by atomic mass is 16.5. The average molecular weight is 323 g/mol. The molecule has 1 aliphatic rings. The third-order valence-electron chi connectivity index (χ3n) is 4.54. The van der Waals surface area contributed by atoms with Gasteiger partial charge >= 0.3 is 0 Å². The molecule has 2 aromatic heterocycles. The molecule has 6 nitrogen and oxygen atoms in total. The summed E-state index contributed by atoms with van der Waals surface area (Å²) < 4.78 is 8.14. The van der Waals surface area contributed by atoms with E-state index >= 15 is 0 Å². The van der Waals surface area contributed by atoms with E-state index in [1.54, 1.807) is 12.5 Å². The van der Waals surface area contributed by atoms with Crippen molar-refractivity contribution in [2.45, 2.75) is 25.6 Å². The van der Waals surface area contributed by atoms with Crippen LogP contribution >= 0.6 is 0 Å². The van der Waals surface area contributed by atoms with Crippen molar-refractivity contribution in [3.05, 3.63) is 47.9 Å². The first-order chi connectivity index (χ1) is 11.4. The third kappa shape index (κ3) is 2.14. The summed E-state index contributed by atoms with van der Waals surface area (Å²) in [5.41, 5.74) is 10.8. The molecule has 1 aromatic carbocycles. The number of nitrogens with two attached hydrogens (primary N) is 1. The number of rotatable bonds is 2. The van der Waals surface area contributed by atoms with Gasteiger partial charge in [0.1, 0.15) is 11.2 Å². The van der Waals surface area contributed by atoms with Crippen LogP contribution in [0.25, 0.3) is 11.0 Å². The van der Waals surface area contributed by atoms with Gasteiger partial charge in [-0.05, 0) is 25.5 Å². The Kier molecular flexibility index (Phi) is 3.08. The van der Waals surface area contributed by atoms with Crippen molar-refractivity contribution in [2.24, 2.45) is 12.8 Å². The second-order valence-electron chi connectivity index (χ2n) is 6.93. The Balaban J connectivity index is 1.80. The maximum atomic E-state index is 6.25. The Labute approximate surface area is 140 Å². The fourth-order valence-electron chi connectivity index (χ4n) is 3.20. The first-order valence-corrected chi connectivity index (χ1v) is 7.95. The number of nitrogens with zero attached hydrogens (tertiary/aromatic N) is 4. The van der Waals surface area contributed by atoms with E-state index in [4.69, 9.17) is 10.5 Å². The maximum absolute atomic E-state index is 6.25. The number of pyridine rings is 1. The van der Waals surface area contributed by atoms with Gasteiger partial charge in [-0.2, -0.15) is 0 Å². The molecule has 1 unspecified atom stereocenters. The van der Waals surface area contributed by atoms with E-state index in [-0.39, 0.29) is 6.23 Å². The first-order valence-electron chi connectivity index (χ1n) is 7.95. The molecule has 0 aliphatic carbocycles. The van der Waals surface area contributed by atoms with Crippen molar-refractivity contribution in [3.8, 4) is 5.88 Å². The van der Waals surface area contributed by atoms with Crippen molar-refractivity contribution < 1.29 is 4.74 Å². The Morgan fingerprint density at radius 1 is 1.21 bits per heavy atom. The summed E-state index contributed by atoms with van der Waals surface area (Å²) in [7, 11) is 4.00. The lowest BCUT2D eigenvalue weighted by Gasteiger charge is -2.24. The van der Waals surface area contributed by atoms with Gasteiger partial charge in [0.05, 0.1) is 18.0 Å². The minimum Gasteiger partial charge on any atom is -0.448 e. The van der Waals surface area contributed by atoms with Crippen LogP contribution in [-0.4, -0.2) is 21.6 Å². The van der Waals surface area contributed by atoms with Crippen LogP contribution in [0.1, 0.15) is 31.2 Å². The Bertz CT molecular complexity index is 925. The van der Waals surface area contributed by atoms with E-state index in [0.717, 1.165) is 27.8 Å². The lowest BCUT2D eigenvalue weighted by molar-refractivity contribution is 0.227. The molecule has 2 N–H and O–H groups in total. The number of hydrogen-bond acceptors (Lipinski definition) is 5. The Morgan fingerprint density at radius 3 is 2.75 bits per heavy atom. The minimum absolute atomic E-state index is 0.227. The predicted octanol–water partition coefficient (Wildman–Crippen LogP) is 2.69. The molecule has 24 heavy (non-hydrogen) atoms. The third-order valence-corrected chi connectivity index (χ3v) is 4.54. The number of imidazole rings is 1. The minimum atomic E-state index is -0.395. The average Bonchev–Trinajstić information content (AvgIpc) is 3.08. The van der Waals surface area contributed by atoms with Crippen LogP contribution in [0.5, 0.6) is 5.88 Å². The van der Waals surface area contributed by atoms with Crippen LogP contribution in [0.3, 0.4) is 0 Å². The van der Waals surface area contributed by atoms with Gasteiger partial charge in [-0.3, -0.25) is 0 Å². The highest BCUT2D eigenvalue weighted by Crippen LogP contribution is 2.44. The molecule has 0 fully saturated rings. The van der Waals surface area contributed by atoms with Crippen molar-refractivity contribution >= 4 is 16.7 Å². The van der Waals surface area contributed by atoms with Crippen LogP contribution < -0.4 is 15.4 Å². The van der Waals surface area contributed by atoms with Crippen LogP contribution in [0.4, 0.5) is 5.69 Å². The van der Waals surface area contributed by atoms with E-state index in [2.05, 4.69) is 27.0 Å². The van der Waals surface area contributed by atoms with Crippen molar-refractivity contribution in [3.63, 3.8) is 0 Å². The molecule has 0 amide bonds. The van der Waals surface area contributed by atoms with E-state index in [1.807, 2.05) is 44.6 Å². The molecule has 4 rings (SSSR count). The number of aryl methyl sites for hydroxylation is 1. The number of ether oxygens (including phenoxy) is 1. The van der Waals surface area contributed by atoms with Gasteiger partial charge < -0.3 is 19.9 Å². The van der Waals surface area contributed by atoms with Gasteiger partial charge in [0.2, 0.25) is 12.1 Å². The molecule has 3 aromatic rings. The van der Waals surface area contributed by atoms with Crippen LogP contribution in [0.15, 0.2) is 36.8 Å². The number of benzene rings is 1. The maximum Gasteiger partial charge on any atom is 0.242 e. The van der Waals surface area contributed by atoms with E-state index in [9.17, 15) is 0 Å². The molecule has 0 saturated carbocycles. The number of fused-ring (bicyclic) bond motifs is 3. The van der Waals surface area contributed by atoms with Gasteiger partial charge in [0.15, 0.2) is 0 Å². The van der Waals surface area contributed by atoms with Gasteiger partial charge in [0.25, 0.3) is 0 Å². The molecule has 0 bridgehead atoms. The van der Waals surface area contributed by atoms with E-state index < -0.39 is 5.54 Å². The smallest absolute Gasteiger partial charge is 0.242 e. The Hall–Kier alpha value is -2.60. The van der Waals surface area contributed by atoms with Crippen LogP contribution in [-0.2, 0) is 12.6 Å². The monoisotopic (exact) mass is 323 g/mol. The summed E-state index contributed by atoms with van der Waals surface area (Å²) in [5.74, 6) is 0.635. The zero-order chi connectivity index (χ0) is 17.1. The molecular weight excluding hydrogens is 302 g/mol. The van der Waals surface area contributed by atoms with Crippen LogP contribution in [0.2, 0.25) is 0 Å². The first kappa shape index (κ1) is 15.0. The van der Waals surface area contributed by atoms with Gasteiger partial charge in [-0.25, -0.2) is 9.97 Å². The lowest BCUT2D eigenvalue weighted by atomic mass is 9.94. The zero-order valence-corrected chi connectivity index (χ0v) is 14.3. The molecule has 0 saturated heterocycles. The topological polar surface area (TPSA) is 69.2 Å². The van der Waals surface area contributed by atoms with Crippen molar-refractivity contribution in [1.29, 1.82) is 0 Å². The molecule has 1 atom stereocenters. The summed E-state index contributed by atoms with van der Waals surface area (Å²) in [6.07, 6.45) is 3.32. The van der Waals surface area contributed by atoms with Gasteiger partial charge in [-0.1, -0.05) is 18.2 Å². The van der Waals surface area contributed by atoms with Gasteiger partial charge in [-0.15, -0.1) is 0 Å². The Morgan fingerprint density at radius 2 is 2.00 bits per heavy atom. The summed E-state index contributed by atoms with van der Waals surface area (Å²) in [6, 6.07) is 8.23. The zero-order valence-electron chi connectivity index (χ0n) is 14.3. The van der Waals surface area contributed by atoms with E-state index in [1.165, 1.54) is 0 Å². The molecule has 3 heterocycles. The molecule has 0 spiro atoms. The highest BCUT2D eigenvalue weighted by molar-refractivity contribution is 5.92. The van der Waals surface area contributed by atoms with E-state index in [0.29, 0.717) is 5.88 Å². The normalized spacial score (nSPS) is 17.2. The molecular formula is C18H21N5O. The number of anilines is 1. The number of aromatic nitrogens is 3. The lowest BCUT2D eigenvalue weighted by Crippen LogP contribution is -2.29. The number of hydrogen-bond donors (Lipinski definition) is 1. The van der Waals surface area contributed by atoms with Crippen molar-refractivity contribution in [1.82, 2.24) is 14.5 Å². The largest absolute Gasteiger partial charge is 0.448 e. The molecule has 0 radical (unpaired) electrons. The standard InChI is InChI=1S/C18H21N5O/c1-18(2,19)12-7-5-6-11(8-12)17-23(4)15-14-13(21-10-22(14)3)9-20-16(15)24-17/h5-10,17H,19H2,1-4H3. The summed E-state index contributed by atoms with van der Waals surface area (Å²) in [4.78, 5) is 10.9. The fourth-order valence-corrected chi connectivity index (χ4v) is 3.20. The van der Waals surface area contributed by atoms with Crippen molar-refractivity contribution in [2.75, 3.05) is 11.9 Å². The molecule has 124 valence electrons. The molecule has 1 aliphatic heterocycles.